The van der Waals surface area contributed by atoms with Crippen LogP contribution in [0.4, 0.5) is 0 Å². The van der Waals surface area contributed by atoms with Gasteiger partial charge in [0.15, 0.2) is 0 Å². The van der Waals surface area contributed by atoms with Crippen LogP contribution in [-0.4, -0.2) is 7.11 Å². The van der Waals surface area contributed by atoms with Gasteiger partial charge in [-0.1, -0.05) is 15.9 Å². The molecule has 1 unspecified atom stereocenters. The number of hydrogen-bond donors (Lipinski definition) is 0. The lowest BCUT2D eigenvalue weighted by Gasteiger charge is -2.07. The Morgan fingerprint density at radius 2 is 2.23 bits per heavy atom. The molecule has 0 spiro atoms. The van der Waals surface area contributed by atoms with Crippen LogP contribution >= 0.6 is 15.9 Å². The second kappa shape index (κ2) is 4.29. The van der Waals surface area contributed by atoms with Gasteiger partial charge in [0.2, 0.25) is 6.04 Å². The minimum atomic E-state index is -0.150. The molecule has 0 aliphatic carbocycles. The van der Waals surface area contributed by atoms with E-state index >= 15 is 0 Å². The quantitative estimate of drug-likeness (QED) is 0.722. The van der Waals surface area contributed by atoms with Gasteiger partial charge in [0.25, 0.3) is 0 Å². The van der Waals surface area contributed by atoms with Crippen molar-refractivity contribution in [3.05, 3.63) is 39.7 Å². The maximum absolute atomic E-state index is 6.93. The number of hydrogen-bond acceptors (Lipinski definition) is 1. The van der Waals surface area contributed by atoms with E-state index in [0.29, 0.717) is 0 Å². The Bertz CT molecular complexity index is 343. The molecule has 0 aliphatic heterocycles. The molecule has 0 heterocycles. The van der Waals surface area contributed by atoms with Crippen molar-refractivity contribution in [3.8, 4) is 5.75 Å². The highest BCUT2D eigenvalue weighted by molar-refractivity contribution is 9.10. The standard InChI is InChI=1S/C10H10BrNO/c1-7(12-2)9-5-4-8(11)6-10(9)13-3/h4-7H,1,3H3. The van der Waals surface area contributed by atoms with E-state index in [1.54, 1.807) is 7.11 Å². The smallest absolute Gasteiger partial charge is 0.249 e. The van der Waals surface area contributed by atoms with Crippen molar-refractivity contribution in [2.75, 3.05) is 7.11 Å². The zero-order valence-corrected chi connectivity index (χ0v) is 9.13. The van der Waals surface area contributed by atoms with Gasteiger partial charge in [-0.25, -0.2) is 6.57 Å². The lowest BCUT2D eigenvalue weighted by Crippen LogP contribution is -1.93. The zero-order valence-electron chi connectivity index (χ0n) is 7.54. The molecule has 0 aliphatic rings. The Morgan fingerprint density at radius 3 is 2.77 bits per heavy atom. The fourth-order valence-electron chi connectivity index (χ4n) is 1.10. The normalized spacial score (nSPS) is 11.8. The average molecular weight is 240 g/mol. The molecule has 0 bridgehead atoms. The van der Waals surface area contributed by atoms with Gasteiger partial charge < -0.3 is 9.58 Å². The molecule has 0 saturated carbocycles. The Morgan fingerprint density at radius 1 is 1.54 bits per heavy atom. The number of benzene rings is 1. The van der Waals surface area contributed by atoms with E-state index in [1.807, 2.05) is 25.1 Å². The summed E-state index contributed by atoms with van der Waals surface area (Å²) in [4.78, 5) is 3.45. The zero-order chi connectivity index (χ0) is 9.84. The highest BCUT2D eigenvalue weighted by Crippen LogP contribution is 2.30. The summed E-state index contributed by atoms with van der Waals surface area (Å²) in [6.07, 6.45) is 0. The third kappa shape index (κ3) is 2.22. The first-order chi connectivity index (χ1) is 6.19. The van der Waals surface area contributed by atoms with E-state index in [2.05, 4.69) is 20.8 Å². The van der Waals surface area contributed by atoms with Crippen molar-refractivity contribution < 1.29 is 4.74 Å². The van der Waals surface area contributed by atoms with Gasteiger partial charge in [0.1, 0.15) is 5.75 Å². The minimum absolute atomic E-state index is 0.150. The molecule has 2 nitrogen and oxygen atoms in total. The molecule has 1 aromatic rings. The number of rotatable bonds is 2. The number of methoxy groups -OCH3 is 1. The molecule has 13 heavy (non-hydrogen) atoms. The lowest BCUT2D eigenvalue weighted by molar-refractivity contribution is 0.408. The molecule has 0 saturated heterocycles. The van der Waals surface area contributed by atoms with Crippen LogP contribution in [0.5, 0.6) is 5.75 Å². The summed E-state index contributed by atoms with van der Waals surface area (Å²) in [7, 11) is 1.61. The van der Waals surface area contributed by atoms with Gasteiger partial charge in [-0.05, 0) is 18.2 Å². The molecular formula is C10H10BrNO. The SMILES string of the molecule is [C-]#[N+]C(C)c1ccc(Br)cc1OC. The number of halogens is 1. The predicted octanol–water partition coefficient (Wildman–Crippen LogP) is 3.44. The Labute approximate surface area is 86.5 Å². The van der Waals surface area contributed by atoms with Gasteiger partial charge in [0, 0.05) is 11.4 Å². The van der Waals surface area contributed by atoms with Crippen LogP contribution in [0, 0.1) is 6.57 Å². The van der Waals surface area contributed by atoms with E-state index in [4.69, 9.17) is 11.3 Å². The van der Waals surface area contributed by atoms with Gasteiger partial charge in [-0.2, -0.15) is 0 Å². The van der Waals surface area contributed by atoms with Crippen molar-refractivity contribution >= 4 is 15.9 Å². The molecule has 3 heteroatoms. The third-order valence-electron chi connectivity index (χ3n) is 1.84. The van der Waals surface area contributed by atoms with Gasteiger partial charge in [-0.3, -0.25) is 0 Å². The number of ether oxygens (including phenoxy) is 1. The van der Waals surface area contributed by atoms with Crippen LogP contribution in [0.3, 0.4) is 0 Å². The third-order valence-corrected chi connectivity index (χ3v) is 2.33. The van der Waals surface area contributed by atoms with Crippen LogP contribution in [0.2, 0.25) is 0 Å². The first-order valence-corrected chi connectivity index (χ1v) is 4.68. The van der Waals surface area contributed by atoms with Gasteiger partial charge in [-0.15, -0.1) is 0 Å². The lowest BCUT2D eigenvalue weighted by atomic mass is 10.1. The second-order valence-electron chi connectivity index (χ2n) is 2.69. The summed E-state index contributed by atoms with van der Waals surface area (Å²) in [6, 6.07) is 5.55. The fraction of sp³-hybridized carbons (Fsp3) is 0.300. The largest absolute Gasteiger partial charge is 0.496 e. The van der Waals surface area contributed by atoms with Crippen LogP contribution < -0.4 is 4.74 Å². The summed E-state index contributed by atoms with van der Waals surface area (Å²) in [5, 5.41) is 0. The molecule has 0 radical (unpaired) electrons. The molecule has 1 rings (SSSR count). The van der Waals surface area contributed by atoms with E-state index < -0.39 is 0 Å². The highest BCUT2D eigenvalue weighted by atomic mass is 79.9. The van der Waals surface area contributed by atoms with E-state index in [0.717, 1.165) is 15.8 Å². The topological polar surface area (TPSA) is 13.6 Å². The monoisotopic (exact) mass is 239 g/mol. The summed E-state index contributed by atoms with van der Waals surface area (Å²) < 4.78 is 6.14. The van der Waals surface area contributed by atoms with Crippen molar-refractivity contribution in [2.24, 2.45) is 0 Å². The molecule has 1 atom stereocenters. The molecule has 0 amide bonds. The van der Waals surface area contributed by atoms with Crippen LogP contribution in [-0.2, 0) is 0 Å². The van der Waals surface area contributed by atoms with Crippen molar-refractivity contribution in [1.29, 1.82) is 0 Å². The van der Waals surface area contributed by atoms with Crippen LogP contribution in [0.15, 0.2) is 22.7 Å². The first-order valence-electron chi connectivity index (χ1n) is 3.89. The van der Waals surface area contributed by atoms with Crippen molar-refractivity contribution in [1.82, 2.24) is 0 Å². The Kier molecular flexibility index (Phi) is 3.32. The molecule has 1 aromatic carbocycles. The van der Waals surface area contributed by atoms with Crippen molar-refractivity contribution in [2.45, 2.75) is 13.0 Å². The second-order valence-corrected chi connectivity index (χ2v) is 3.61. The Balaban J connectivity index is 3.15. The first kappa shape index (κ1) is 10.1. The maximum atomic E-state index is 6.93. The van der Waals surface area contributed by atoms with Gasteiger partial charge in [0.05, 0.1) is 12.7 Å². The van der Waals surface area contributed by atoms with Crippen LogP contribution in [0.1, 0.15) is 18.5 Å². The predicted molar refractivity (Wildman–Crippen MR) is 55.7 cm³/mol. The summed E-state index contributed by atoms with van der Waals surface area (Å²) in [5.41, 5.74) is 0.931. The van der Waals surface area contributed by atoms with E-state index in [-0.39, 0.29) is 6.04 Å². The maximum Gasteiger partial charge on any atom is 0.249 e. The molecular weight excluding hydrogens is 230 g/mol. The summed E-state index contributed by atoms with van der Waals surface area (Å²) in [6.45, 7) is 8.79. The molecule has 68 valence electrons. The molecule has 0 N–H and O–H groups in total. The fourth-order valence-corrected chi connectivity index (χ4v) is 1.44. The van der Waals surface area contributed by atoms with Gasteiger partial charge >= 0.3 is 0 Å². The summed E-state index contributed by atoms with van der Waals surface area (Å²) in [5.74, 6) is 0.762. The molecule has 0 fully saturated rings. The summed E-state index contributed by atoms with van der Waals surface area (Å²) >= 11 is 3.35. The van der Waals surface area contributed by atoms with Crippen LogP contribution in [0.25, 0.3) is 4.85 Å². The average Bonchev–Trinajstić information content (AvgIpc) is 2.16. The van der Waals surface area contributed by atoms with E-state index in [1.165, 1.54) is 0 Å². The molecule has 0 aromatic heterocycles. The number of nitrogens with zero attached hydrogens (tertiary/aromatic N) is 1. The highest BCUT2D eigenvalue weighted by Gasteiger charge is 2.14. The van der Waals surface area contributed by atoms with Crippen molar-refractivity contribution in [3.63, 3.8) is 0 Å². The Hall–Kier alpha value is -1.01. The minimum Gasteiger partial charge on any atom is -0.496 e. The van der Waals surface area contributed by atoms with E-state index in [9.17, 15) is 0 Å².